The fraction of sp³-hybridized carbons (Fsp3) is 0.385. The van der Waals surface area contributed by atoms with Gasteiger partial charge in [0, 0.05) is 38.1 Å². The number of morpholine rings is 1. The molecule has 0 N–H and O–H groups in total. The van der Waals surface area contributed by atoms with E-state index in [0.717, 1.165) is 71.1 Å². The molecule has 6 heteroatoms. The molecule has 32 heavy (non-hydrogen) atoms. The third-order valence-electron chi connectivity index (χ3n) is 6.35. The van der Waals surface area contributed by atoms with Crippen LogP contribution < -0.4 is 4.90 Å². The van der Waals surface area contributed by atoms with Crippen molar-refractivity contribution in [1.29, 1.82) is 0 Å². The molecule has 6 nitrogen and oxygen atoms in total. The van der Waals surface area contributed by atoms with Crippen LogP contribution >= 0.6 is 0 Å². The fourth-order valence-electron chi connectivity index (χ4n) is 4.65. The van der Waals surface area contributed by atoms with E-state index in [-0.39, 0.29) is 0 Å². The molecule has 0 atom stereocenters. The summed E-state index contributed by atoms with van der Waals surface area (Å²) in [6, 6.07) is 16.7. The average molecular weight is 430 g/mol. The predicted molar refractivity (Wildman–Crippen MR) is 130 cm³/mol. The molecule has 5 rings (SSSR count). The number of ether oxygens (including phenoxy) is 1. The summed E-state index contributed by atoms with van der Waals surface area (Å²) < 4.78 is 5.61. The number of anilines is 1. The van der Waals surface area contributed by atoms with Gasteiger partial charge in [-0.05, 0) is 47.8 Å². The molecule has 0 amide bonds. The maximum Gasteiger partial charge on any atom is 0.128 e. The summed E-state index contributed by atoms with van der Waals surface area (Å²) in [6.45, 7) is 7.21. The summed E-state index contributed by atoms with van der Waals surface area (Å²) in [5.41, 5.74) is 5.39. The van der Waals surface area contributed by atoms with E-state index in [1.165, 1.54) is 22.4 Å². The first-order valence-electron chi connectivity index (χ1n) is 11.6. The maximum absolute atomic E-state index is 5.61. The van der Waals surface area contributed by atoms with Gasteiger partial charge in [0.15, 0.2) is 0 Å². The third-order valence-corrected chi connectivity index (χ3v) is 6.35. The molecule has 0 radical (unpaired) electrons. The van der Waals surface area contributed by atoms with Gasteiger partial charge in [0.2, 0.25) is 0 Å². The van der Waals surface area contributed by atoms with Gasteiger partial charge >= 0.3 is 0 Å². The Bertz CT molecular complexity index is 972. The second-order valence-electron chi connectivity index (χ2n) is 8.43. The molecule has 0 unspecified atom stereocenters. The summed E-state index contributed by atoms with van der Waals surface area (Å²) in [5, 5.41) is 7.09. The quantitative estimate of drug-likeness (QED) is 0.679. The van der Waals surface area contributed by atoms with Crippen molar-refractivity contribution in [2.45, 2.75) is 12.8 Å². The van der Waals surface area contributed by atoms with Crippen LogP contribution in [0.5, 0.6) is 0 Å². The molecule has 2 aromatic rings. The number of piperazine rings is 1. The van der Waals surface area contributed by atoms with E-state index in [9.17, 15) is 0 Å². The molecule has 3 aliphatic rings. The fourth-order valence-corrected chi connectivity index (χ4v) is 4.65. The van der Waals surface area contributed by atoms with Gasteiger partial charge < -0.3 is 14.5 Å². The molecule has 1 aromatic carbocycles. The Hall–Kier alpha value is -3.12. The largest absolute Gasteiger partial charge is 0.378 e. The second-order valence-corrected chi connectivity index (χ2v) is 8.43. The number of hydrazone groups is 1. The Morgan fingerprint density at radius 2 is 1.59 bits per heavy atom. The van der Waals surface area contributed by atoms with Crippen molar-refractivity contribution in [3.63, 3.8) is 0 Å². The Morgan fingerprint density at radius 3 is 2.34 bits per heavy atom. The lowest BCUT2D eigenvalue weighted by Gasteiger charge is -2.34. The SMILES string of the molecule is C(=N\N1CCN(c2ccccn2)CC1)/C1=C(N2CCOCC2)C(=C/c2ccccc2)/CC1. The van der Waals surface area contributed by atoms with Crippen LogP contribution in [0.15, 0.2) is 76.7 Å². The molecule has 0 spiro atoms. The number of hydrogen-bond donors (Lipinski definition) is 0. The number of aromatic nitrogens is 1. The predicted octanol–water partition coefficient (Wildman–Crippen LogP) is 3.65. The Morgan fingerprint density at radius 1 is 0.812 bits per heavy atom. The van der Waals surface area contributed by atoms with E-state index >= 15 is 0 Å². The first-order chi connectivity index (χ1) is 15.9. The minimum Gasteiger partial charge on any atom is -0.378 e. The van der Waals surface area contributed by atoms with E-state index < -0.39 is 0 Å². The summed E-state index contributed by atoms with van der Waals surface area (Å²) in [7, 11) is 0. The molecule has 3 heterocycles. The number of nitrogens with zero attached hydrogens (tertiary/aromatic N) is 5. The highest BCUT2D eigenvalue weighted by molar-refractivity contribution is 5.83. The Kier molecular flexibility index (Phi) is 6.49. The van der Waals surface area contributed by atoms with Gasteiger partial charge in [0.1, 0.15) is 5.82 Å². The highest BCUT2D eigenvalue weighted by atomic mass is 16.5. The minimum atomic E-state index is 0.794. The average Bonchev–Trinajstić information content (AvgIpc) is 3.27. The highest BCUT2D eigenvalue weighted by Crippen LogP contribution is 2.35. The van der Waals surface area contributed by atoms with Crippen LogP contribution in [0.1, 0.15) is 18.4 Å². The Balaban J connectivity index is 1.31. The van der Waals surface area contributed by atoms with Crippen molar-refractivity contribution in [3.8, 4) is 0 Å². The monoisotopic (exact) mass is 429 g/mol. The van der Waals surface area contributed by atoms with Gasteiger partial charge in [-0.3, -0.25) is 5.01 Å². The minimum absolute atomic E-state index is 0.794. The molecule has 0 bridgehead atoms. The standard InChI is InChI=1S/C26H31N5O/c1-2-6-22(7-3-1)20-23-9-10-24(26(23)30-16-18-32-19-17-30)21-28-31-14-12-29(13-15-31)25-8-4-5-11-27-25/h1-8,11,20-21H,9-10,12-19H2/b23-20+,28-21+. The Labute approximate surface area is 190 Å². The van der Waals surface area contributed by atoms with E-state index in [2.05, 4.69) is 68.5 Å². The van der Waals surface area contributed by atoms with Crippen molar-refractivity contribution < 1.29 is 4.74 Å². The molecule has 1 aromatic heterocycles. The molecule has 2 aliphatic heterocycles. The van der Waals surface area contributed by atoms with Crippen LogP contribution in [0, 0.1) is 0 Å². The number of rotatable bonds is 5. The topological polar surface area (TPSA) is 44.2 Å². The van der Waals surface area contributed by atoms with Crippen LogP contribution in [0.4, 0.5) is 5.82 Å². The molecular formula is C26H31N5O. The van der Waals surface area contributed by atoms with Crippen LogP contribution in [0.3, 0.4) is 0 Å². The number of benzene rings is 1. The van der Waals surface area contributed by atoms with Gasteiger partial charge in [-0.1, -0.05) is 36.4 Å². The van der Waals surface area contributed by atoms with Crippen LogP contribution in [0.2, 0.25) is 0 Å². The number of pyridine rings is 1. The molecule has 2 saturated heterocycles. The number of allylic oxidation sites excluding steroid dienone is 2. The molecular weight excluding hydrogens is 398 g/mol. The van der Waals surface area contributed by atoms with Crippen molar-refractivity contribution in [1.82, 2.24) is 14.9 Å². The van der Waals surface area contributed by atoms with Crippen molar-refractivity contribution >= 4 is 18.1 Å². The normalized spacial score (nSPS) is 21.2. The zero-order valence-corrected chi connectivity index (χ0v) is 18.6. The van der Waals surface area contributed by atoms with Crippen LogP contribution in [-0.2, 0) is 4.74 Å². The zero-order chi connectivity index (χ0) is 21.6. The van der Waals surface area contributed by atoms with Crippen LogP contribution in [-0.4, -0.2) is 73.6 Å². The summed E-state index contributed by atoms with van der Waals surface area (Å²) in [4.78, 5) is 9.31. The molecule has 2 fully saturated rings. The zero-order valence-electron chi connectivity index (χ0n) is 18.6. The molecule has 1 aliphatic carbocycles. The van der Waals surface area contributed by atoms with Crippen molar-refractivity contribution in [3.05, 3.63) is 77.1 Å². The van der Waals surface area contributed by atoms with Gasteiger partial charge in [0.05, 0.1) is 32.5 Å². The van der Waals surface area contributed by atoms with Gasteiger partial charge in [-0.25, -0.2) is 4.98 Å². The van der Waals surface area contributed by atoms with E-state index in [1.807, 2.05) is 18.3 Å². The van der Waals surface area contributed by atoms with Gasteiger partial charge in [-0.15, -0.1) is 0 Å². The summed E-state index contributed by atoms with van der Waals surface area (Å²) >= 11 is 0. The first-order valence-corrected chi connectivity index (χ1v) is 11.6. The lowest BCUT2D eigenvalue weighted by molar-refractivity contribution is 0.0548. The highest BCUT2D eigenvalue weighted by Gasteiger charge is 2.26. The van der Waals surface area contributed by atoms with E-state index in [0.29, 0.717) is 0 Å². The van der Waals surface area contributed by atoms with Crippen molar-refractivity contribution in [2.75, 3.05) is 57.4 Å². The second kappa shape index (κ2) is 10.0. The van der Waals surface area contributed by atoms with Crippen LogP contribution in [0.25, 0.3) is 6.08 Å². The van der Waals surface area contributed by atoms with Crippen molar-refractivity contribution in [2.24, 2.45) is 5.10 Å². The molecule has 0 saturated carbocycles. The smallest absolute Gasteiger partial charge is 0.128 e. The molecule has 166 valence electrons. The number of hydrogen-bond acceptors (Lipinski definition) is 6. The first kappa shape index (κ1) is 20.8. The summed E-state index contributed by atoms with van der Waals surface area (Å²) in [5.74, 6) is 1.06. The van der Waals surface area contributed by atoms with E-state index in [1.54, 1.807) is 0 Å². The third kappa shape index (κ3) is 4.86. The summed E-state index contributed by atoms with van der Waals surface area (Å²) in [6.07, 6.45) is 8.43. The lowest BCUT2D eigenvalue weighted by Crippen LogP contribution is -2.44. The maximum atomic E-state index is 5.61. The van der Waals surface area contributed by atoms with E-state index in [4.69, 9.17) is 9.84 Å². The van der Waals surface area contributed by atoms with Gasteiger partial charge in [-0.2, -0.15) is 5.10 Å². The lowest BCUT2D eigenvalue weighted by atomic mass is 10.1. The van der Waals surface area contributed by atoms with Gasteiger partial charge in [0.25, 0.3) is 0 Å².